The molecule has 312 valence electrons. The zero-order valence-electron chi connectivity index (χ0n) is 36.5. The van der Waals surface area contributed by atoms with Gasteiger partial charge in [0.05, 0.1) is 0 Å². The van der Waals surface area contributed by atoms with Crippen LogP contribution in [0.3, 0.4) is 0 Å². The zero-order chi connectivity index (χ0) is 43.1. The third-order valence-electron chi connectivity index (χ3n) is 11.0. The number of amides is 2. The molecule has 1 aliphatic rings. The number of fused-ring (bicyclic) bond motifs is 8. The van der Waals surface area contributed by atoms with Gasteiger partial charge in [-0.25, -0.2) is 11.7 Å². The normalized spacial score (nSPS) is 13.5. The highest BCUT2D eigenvalue weighted by Crippen LogP contribution is 2.43. The lowest BCUT2D eigenvalue weighted by Crippen LogP contribution is -2.34. The number of hydrazine groups is 2. The van der Waals surface area contributed by atoms with Crippen molar-refractivity contribution < 1.29 is 29.3 Å². The number of carbonyl (C=O) groups excluding carboxylic acids is 2. The van der Waals surface area contributed by atoms with Crippen molar-refractivity contribution in [2.75, 3.05) is 13.2 Å². The van der Waals surface area contributed by atoms with Crippen molar-refractivity contribution in [1.29, 1.82) is 0 Å². The van der Waals surface area contributed by atoms with E-state index in [0.29, 0.717) is 33.8 Å². The Morgan fingerprint density at radius 3 is 0.862 bits per heavy atom. The lowest BCUT2D eigenvalue weighted by Gasteiger charge is -2.28. The first-order valence-electron chi connectivity index (χ1n) is 20.1. The van der Waals surface area contributed by atoms with Gasteiger partial charge in [-0.2, -0.15) is 0 Å². The Labute approximate surface area is 344 Å². The average molecular weight is 793 g/mol. The van der Waals surface area contributed by atoms with Crippen LogP contribution in [0.15, 0.2) is 48.5 Å². The molecule has 0 saturated carbocycles. The Morgan fingerprint density at radius 1 is 0.466 bits per heavy atom. The molecule has 1 aliphatic carbocycles. The molecular weight excluding hydrogens is 729 g/mol. The molecule has 4 aromatic rings. The molecule has 0 atom stereocenters. The molecule has 0 aromatic heterocycles. The minimum atomic E-state index is -0.489. The van der Waals surface area contributed by atoms with Crippen molar-refractivity contribution in [3.05, 3.63) is 115 Å². The Morgan fingerprint density at radius 2 is 0.672 bits per heavy atom. The number of phenolic OH excluding ortho intramolecular Hbond substituents is 2. The largest absolute Gasteiger partial charge is 0.507 e. The van der Waals surface area contributed by atoms with Gasteiger partial charge in [0.2, 0.25) is 0 Å². The topological polar surface area (TPSA) is 169 Å². The van der Waals surface area contributed by atoms with Gasteiger partial charge < -0.3 is 19.7 Å². The fourth-order valence-corrected chi connectivity index (χ4v) is 7.38. The van der Waals surface area contributed by atoms with E-state index in [1.54, 1.807) is 0 Å². The number of nitrogens with two attached hydrogens (primary N) is 2. The third kappa shape index (κ3) is 9.96. The molecule has 0 fully saturated rings. The first-order valence-corrected chi connectivity index (χ1v) is 20.1. The number of benzene rings is 4. The van der Waals surface area contributed by atoms with Gasteiger partial charge in [0.15, 0.2) is 13.2 Å². The number of carbonyl (C=O) groups is 2. The van der Waals surface area contributed by atoms with Gasteiger partial charge in [0.1, 0.15) is 23.0 Å². The highest BCUT2D eigenvalue weighted by Gasteiger charge is 2.29. The van der Waals surface area contributed by atoms with Crippen LogP contribution in [-0.4, -0.2) is 35.2 Å². The maximum Gasteiger partial charge on any atom is 0.271 e. The van der Waals surface area contributed by atoms with E-state index in [9.17, 15) is 19.8 Å². The van der Waals surface area contributed by atoms with Crippen LogP contribution in [0, 0.1) is 0 Å². The lowest BCUT2D eigenvalue weighted by molar-refractivity contribution is -0.123. The highest BCUT2D eigenvalue weighted by molar-refractivity contribution is 5.77. The summed E-state index contributed by atoms with van der Waals surface area (Å²) in [6.07, 6.45) is 1.13. The summed E-state index contributed by atoms with van der Waals surface area (Å²) in [6.45, 7) is 25.1. The SMILES string of the molecule is CC(C)(C)c1cc2c(O)c(c1)Cc1cc(C(C)(C)C)cc(c1OCC(=O)NN)Cc1cc(C(C)(C)C)cc(c1O)Cc1cc(C(C)(C)C)cc(c1OCC(=O)NN)C2. The van der Waals surface area contributed by atoms with Crippen LogP contribution in [0.1, 0.15) is 150 Å². The molecule has 0 aliphatic heterocycles. The molecular formula is C48H64N4O6. The second-order valence-electron chi connectivity index (χ2n) is 20.0. The summed E-state index contributed by atoms with van der Waals surface area (Å²) in [5.74, 6) is 11.3. The molecule has 8 bridgehead atoms. The third-order valence-corrected chi connectivity index (χ3v) is 11.0. The summed E-state index contributed by atoms with van der Waals surface area (Å²) >= 11 is 0. The number of hydrogen-bond acceptors (Lipinski definition) is 8. The molecule has 0 spiro atoms. The maximum atomic E-state index is 12.6. The molecule has 5 rings (SSSR count). The van der Waals surface area contributed by atoms with Gasteiger partial charge in [0, 0.05) is 25.7 Å². The molecule has 0 unspecified atom stereocenters. The predicted octanol–water partition coefficient (Wildman–Crippen LogP) is 7.70. The Kier molecular flexibility index (Phi) is 12.4. The van der Waals surface area contributed by atoms with E-state index >= 15 is 0 Å². The van der Waals surface area contributed by atoms with Crippen LogP contribution in [0.5, 0.6) is 23.0 Å². The summed E-state index contributed by atoms with van der Waals surface area (Å²) in [7, 11) is 0. The van der Waals surface area contributed by atoms with Crippen molar-refractivity contribution in [2.45, 2.75) is 130 Å². The van der Waals surface area contributed by atoms with E-state index in [0.717, 1.165) is 44.5 Å². The van der Waals surface area contributed by atoms with Crippen LogP contribution >= 0.6 is 0 Å². The van der Waals surface area contributed by atoms with E-state index in [2.05, 4.69) is 118 Å². The van der Waals surface area contributed by atoms with E-state index in [4.69, 9.17) is 21.2 Å². The minimum Gasteiger partial charge on any atom is -0.507 e. The second kappa shape index (κ2) is 16.3. The number of aromatic hydroxyl groups is 2. The van der Waals surface area contributed by atoms with Crippen molar-refractivity contribution in [3.63, 3.8) is 0 Å². The Hall–Kier alpha value is -5.06. The van der Waals surface area contributed by atoms with Crippen molar-refractivity contribution >= 4 is 11.8 Å². The number of ether oxygens (including phenoxy) is 2. The minimum absolute atomic E-state index is 0.138. The van der Waals surface area contributed by atoms with Gasteiger partial charge in [-0.3, -0.25) is 20.4 Å². The van der Waals surface area contributed by atoms with Crippen molar-refractivity contribution in [3.8, 4) is 23.0 Å². The molecule has 0 heterocycles. The standard InChI is InChI=1S/C48H64N4O6/c1-45(2,3)35-17-27-13-31-21-37(47(7,8)9)23-33(43(31)57-25-39(53)51-49)15-29-19-36(46(4,5)6)20-30(42(29)56)16-34-24-38(48(10,11)12)22-32(14-28(18-35)41(27)55)44(34)58-26-40(54)52-50/h17-24,55-56H,13-16,25-26,49-50H2,1-12H3,(H,51,53)(H,52,54). The molecule has 2 amide bonds. The summed E-state index contributed by atoms with van der Waals surface area (Å²) in [5.41, 5.74) is 13.3. The van der Waals surface area contributed by atoms with E-state index in [1.807, 2.05) is 24.3 Å². The second-order valence-corrected chi connectivity index (χ2v) is 20.0. The smallest absolute Gasteiger partial charge is 0.271 e. The molecule has 0 radical (unpaired) electrons. The van der Waals surface area contributed by atoms with E-state index in [-0.39, 0.29) is 72.1 Å². The van der Waals surface area contributed by atoms with Crippen molar-refractivity contribution in [1.82, 2.24) is 10.9 Å². The summed E-state index contributed by atoms with van der Waals surface area (Å²) < 4.78 is 12.8. The fraction of sp³-hybridized carbons (Fsp3) is 0.458. The summed E-state index contributed by atoms with van der Waals surface area (Å²) in [6, 6.07) is 16.6. The predicted molar refractivity (Wildman–Crippen MR) is 231 cm³/mol. The van der Waals surface area contributed by atoms with Gasteiger partial charge in [-0.05, 0) is 88.4 Å². The fourth-order valence-electron chi connectivity index (χ4n) is 7.38. The van der Waals surface area contributed by atoms with Crippen LogP contribution in [0.4, 0.5) is 0 Å². The quantitative estimate of drug-likeness (QED) is 0.0578. The van der Waals surface area contributed by atoms with Gasteiger partial charge in [-0.15, -0.1) is 0 Å². The Bertz CT molecular complexity index is 1960. The first-order chi connectivity index (χ1) is 26.8. The van der Waals surface area contributed by atoms with Gasteiger partial charge in [-0.1, -0.05) is 132 Å². The van der Waals surface area contributed by atoms with E-state index < -0.39 is 11.8 Å². The number of rotatable bonds is 6. The van der Waals surface area contributed by atoms with Crippen molar-refractivity contribution in [2.24, 2.45) is 11.7 Å². The zero-order valence-corrected chi connectivity index (χ0v) is 36.5. The molecule has 8 N–H and O–H groups in total. The summed E-state index contributed by atoms with van der Waals surface area (Å²) in [5, 5.41) is 24.7. The van der Waals surface area contributed by atoms with Crippen LogP contribution < -0.4 is 32.0 Å². The molecule has 58 heavy (non-hydrogen) atoms. The Balaban J connectivity index is 1.95. The van der Waals surface area contributed by atoms with E-state index in [1.165, 1.54) is 0 Å². The van der Waals surface area contributed by atoms with Crippen LogP contribution in [-0.2, 0) is 56.9 Å². The first kappa shape index (κ1) is 44.1. The number of nitrogens with one attached hydrogen (secondary N) is 2. The molecule has 0 saturated heterocycles. The number of hydrogen-bond donors (Lipinski definition) is 6. The highest BCUT2D eigenvalue weighted by atomic mass is 16.5. The number of phenols is 2. The lowest BCUT2D eigenvalue weighted by atomic mass is 9.79. The van der Waals surface area contributed by atoms with Gasteiger partial charge >= 0.3 is 0 Å². The average Bonchev–Trinajstić information content (AvgIpc) is 3.11. The molecule has 4 aromatic carbocycles. The van der Waals surface area contributed by atoms with Crippen LogP contribution in [0.25, 0.3) is 0 Å². The maximum absolute atomic E-state index is 12.6. The molecule has 10 nitrogen and oxygen atoms in total. The van der Waals surface area contributed by atoms with Gasteiger partial charge in [0.25, 0.3) is 11.8 Å². The molecule has 10 heteroatoms. The summed E-state index contributed by atoms with van der Waals surface area (Å²) in [4.78, 5) is 25.2. The van der Waals surface area contributed by atoms with Crippen LogP contribution in [0.2, 0.25) is 0 Å². The monoisotopic (exact) mass is 792 g/mol.